The van der Waals surface area contributed by atoms with E-state index in [9.17, 15) is 19.5 Å². The van der Waals surface area contributed by atoms with E-state index in [1.807, 2.05) is 12.1 Å². The number of hydrogen-bond acceptors (Lipinski definition) is 4. The summed E-state index contributed by atoms with van der Waals surface area (Å²) in [6.45, 7) is 0. The van der Waals surface area contributed by atoms with Gasteiger partial charge in [0.15, 0.2) is 0 Å². The number of hydrogen-bond donors (Lipinski definition) is 3. The minimum atomic E-state index is -1.13. The summed E-state index contributed by atoms with van der Waals surface area (Å²) in [5.41, 5.74) is 1.77. The minimum absolute atomic E-state index is 0.00482. The molecule has 3 rings (SSSR count). The van der Waals surface area contributed by atoms with Crippen molar-refractivity contribution < 1.29 is 24.2 Å². The monoisotopic (exact) mass is 404 g/mol. The molecule has 7 nitrogen and oxygen atoms in total. The first-order valence-corrected chi connectivity index (χ1v) is 9.13. The van der Waals surface area contributed by atoms with Gasteiger partial charge in [0, 0.05) is 11.3 Å². The second-order valence-corrected chi connectivity index (χ2v) is 6.46. The van der Waals surface area contributed by atoms with Gasteiger partial charge in [-0.2, -0.15) is 0 Å². The molecule has 0 saturated heterocycles. The zero-order valence-corrected chi connectivity index (χ0v) is 16.2. The highest BCUT2D eigenvalue weighted by Crippen LogP contribution is 2.18. The molecule has 0 spiro atoms. The third-order valence-corrected chi connectivity index (χ3v) is 4.34. The summed E-state index contributed by atoms with van der Waals surface area (Å²) >= 11 is 0. The van der Waals surface area contributed by atoms with Crippen LogP contribution in [0.25, 0.3) is 0 Å². The maximum atomic E-state index is 12.5. The molecule has 3 aromatic carbocycles. The number of amides is 2. The molecule has 3 aromatic rings. The average molecular weight is 404 g/mol. The van der Waals surface area contributed by atoms with Crippen LogP contribution in [0.3, 0.4) is 0 Å². The largest absolute Gasteiger partial charge is 0.497 e. The molecule has 3 N–H and O–H groups in total. The molecule has 7 heteroatoms. The van der Waals surface area contributed by atoms with Crippen molar-refractivity contribution in [3.8, 4) is 5.75 Å². The molecule has 30 heavy (non-hydrogen) atoms. The first-order valence-electron chi connectivity index (χ1n) is 9.13. The maximum Gasteiger partial charge on any atom is 0.337 e. The van der Waals surface area contributed by atoms with Crippen molar-refractivity contribution in [1.82, 2.24) is 0 Å². The second kappa shape index (κ2) is 9.38. The molecule has 0 aliphatic carbocycles. The average Bonchev–Trinajstić information content (AvgIpc) is 2.74. The Kier molecular flexibility index (Phi) is 6.44. The van der Waals surface area contributed by atoms with Gasteiger partial charge in [-0.1, -0.05) is 30.3 Å². The van der Waals surface area contributed by atoms with E-state index >= 15 is 0 Å². The van der Waals surface area contributed by atoms with Crippen molar-refractivity contribution in [2.75, 3.05) is 17.7 Å². The highest BCUT2D eigenvalue weighted by atomic mass is 16.5. The second-order valence-electron chi connectivity index (χ2n) is 6.46. The number of carbonyl (C=O) groups excluding carboxylic acids is 2. The zero-order chi connectivity index (χ0) is 21.5. The van der Waals surface area contributed by atoms with E-state index < -0.39 is 11.9 Å². The van der Waals surface area contributed by atoms with Crippen molar-refractivity contribution >= 4 is 29.2 Å². The molecule has 0 atom stereocenters. The standard InChI is InChI=1S/C23H20N2O5/c1-30-18-11-9-15(10-12-18)13-21(26)24-17-6-4-5-16(14-17)22(27)25-20-8-3-2-7-19(20)23(28)29/h2-12,14H,13H2,1H3,(H,24,26)(H,25,27)(H,28,29). The van der Waals surface area contributed by atoms with Crippen LogP contribution in [0, 0.1) is 0 Å². The quantitative estimate of drug-likeness (QED) is 0.555. The van der Waals surface area contributed by atoms with Gasteiger partial charge in [-0.15, -0.1) is 0 Å². The van der Waals surface area contributed by atoms with E-state index in [4.69, 9.17) is 4.74 Å². The lowest BCUT2D eigenvalue weighted by atomic mass is 10.1. The fourth-order valence-electron chi connectivity index (χ4n) is 2.85. The fraction of sp³-hybridized carbons (Fsp3) is 0.0870. The Balaban J connectivity index is 1.67. The number of rotatable bonds is 7. The lowest BCUT2D eigenvalue weighted by Gasteiger charge is -2.10. The predicted molar refractivity (Wildman–Crippen MR) is 113 cm³/mol. The molecule has 0 aliphatic rings. The van der Waals surface area contributed by atoms with Gasteiger partial charge in [0.05, 0.1) is 24.8 Å². The van der Waals surface area contributed by atoms with Crippen molar-refractivity contribution in [2.24, 2.45) is 0 Å². The van der Waals surface area contributed by atoms with Crippen LogP contribution in [0.15, 0.2) is 72.8 Å². The third-order valence-electron chi connectivity index (χ3n) is 4.34. The molecule has 152 valence electrons. The number of carbonyl (C=O) groups is 3. The summed E-state index contributed by atoms with van der Waals surface area (Å²) < 4.78 is 5.10. The van der Waals surface area contributed by atoms with Crippen molar-refractivity contribution in [1.29, 1.82) is 0 Å². The highest BCUT2D eigenvalue weighted by molar-refractivity contribution is 6.08. The molecule has 0 radical (unpaired) electrons. The molecule has 2 amide bonds. The molecular weight excluding hydrogens is 384 g/mol. The van der Waals surface area contributed by atoms with Gasteiger partial charge in [-0.3, -0.25) is 9.59 Å². The smallest absolute Gasteiger partial charge is 0.337 e. The summed E-state index contributed by atoms with van der Waals surface area (Å²) in [7, 11) is 1.57. The topological polar surface area (TPSA) is 105 Å². The predicted octanol–water partition coefficient (Wildman–Crippen LogP) is 3.83. The van der Waals surface area contributed by atoms with Crippen LogP contribution in [0.1, 0.15) is 26.3 Å². The first-order chi connectivity index (χ1) is 14.5. The van der Waals surface area contributed by atoms with Gasteiger partial charge in [-0.25, -0.2) is 4.79 Å². The van der Waals surface area contributed by atoms with Crippen LogP contribution >= 0.6 is 0 Å². The molecule has 0 fully saturated rings. The minimum Gasteiger partial charge on any atom is -0.497 e. The van der Waals surface area contributed by atoms with Crippen LogP contribution < -0.4 is 15.4 Å². The molecule has 0 aromatic heterocycles. The van der Waals surface area contributed by atoms with E-state index in [2.05, 4.69) is 10.6 Å². The van der Waals surface area contributed by atoms with Crippen LogP contribution in [-0.4, -0.2) is 30.0 Å². The molecule has 0 unspecified atom stereocenters. The molecule has 0 saturated carbocycles. The van der Waals surface area contributed by atoms with Gasteiger partial charge in [0.25, 0.3) is 5.91 Å². The lowest BCUT2D eigenvalue weighted by molar-refractivity contribution is -0.115. The number of nitrogens with one attached hydrogen (secondary N) is 2. The van der Waals surface area contributed by atoms with Crippen molar-refractivity contribution in [3.05, 3.63) is 89.5 Å². The highest BCUT2D eigenvalue weighted by Gasteiger charge is 2.14. The summed E-state index contributed by atoms with van der Waals surface area (Å²) in [4.78, 5) is 36.2. The van der Waals surface area contributed by atoms with E-state index in [1.54, 1.807) is 49.6 Å². The number of benzene rings is 3. The Morgan fingerprint density at radius 1 is 0.900 bits per heavy atom. The number of ether oxygens (including phenoxy) is 1. The van der Waals surface area contributed by atoms with Gasteiger partial charge in [-0.05, 0) is 48.0 Å². The first kappa shape index (κ1) is 20.6. The van der Waals surface area contributed by atoms with Crippen molar-refractivity contribution in [3.63, 3.8) is 0 Å². The van der Waals surface area contributed by atoms with Gasteiger partial charge < -0.3 is 20.5 Å². The zero-order valence-electron chi connectivity index (χ0n) is 16.2. The number of para-hydroxylation sites is 1. The molecular formula is C23H20N2O5. The number of anilines is 2. The Labute approximate surface area is 173 Å². The lowest BCUT2D eigenvalue weighted by Crippen LogP contribution is -2.17. The summed E-state index contributed by atoms with van der Waals surface area (Å²) in [5.74, 6) is -1.13. The Bertz CT molecular complexity index is 1080. The van der Waals surface area contributed by atoms with Crippen LogP contribution in [0.2, 0.25) is 0 Å². The van der Waals surface area contributed by atoms with E-state index in [-0.39, 0.29) is 29.1 Å². The summed E-state index contributed by atoms with van der Waals surface area (Å²) in [5, 5.41) is 14.6. The maximum absolute atomic E-state index is 12.5. The van der Waals surface area contributed by atoms with Crippen LogP contribution in [0.4, 0.5) is 11.4 Å². The summed E-state index contributed by atoms with van der Waals surface area (Å²) in [6, 6.07) is 19.7. The van der Waals surface area contributed by atoms with Gasteiger partial charge >= 0.3 is 5.97 Å². The number of aromatic carboxylic acids is 1. The van der Waals surface area contributed by atoms with Gasteiger partial charge in [0.1, 0.15) is 5.75 Å². The van der Waals surface area contributed by atoms with Crippen molar-refractivity contribution in [2.45, 2.75) is 6.42 Å². The third kappa shape index (κ3) is 5.23. The number of carboxylic acids is 1. The Hall–Kier alpha value is -4.13. The van der Waals surface area contributed by atoms with Crippen LogP contribution in [0.5, 0.6) is 5.75 Å². The normalized spacial score (nSPS) is 10.2. The van der Waals surface area contributed by atoms with E-state index in [0.717, 1.165) is 5.56 Å². The molecule has 0 bridgehead atoms. The Morgan fingerprint density at radius 2 is 1.63 bits per heavy atom. The number of methoxy groups -OCH3 is 1. The van der Waals surface area contributed by atoms with Gasteiger partial charge in [0.2, 0.25) is 5.91 Å². The van der Waals surface area contributed by atoms with E-state index in [0.29, 0.717) is 11.4 Å². The van der Waals surface area contributed by atoms with E-state index in [1.165, 1.54) is 18.2 Å². The molecule has 0 heterocycles. The number of carboxylic acid groups (broad SMARTS) is 1. The Morgan fingerprint density at radius 3 is 2.33 bits per heavy atom. The SMILES string of the molecule is COc1ccc(CC(=O)Nc2cccc(C(=O)Nc3ccccc3C(=O)O)c2)cc1. The summed E-state index contributed by atoms with van der Waals surface area (Å²) in [6.07, 6.45) is 0.173. The van der Waals surface area contributed by atoms with Crippen LogP contribution in [-0.2, 0) is 11.2 Å². The molecule has 0 aliphatic heterocycles. The fourth-order valence-corrected chi connectivity index (χ4v) is 2.85.